The second-order valence-electron chi connectivity index (χ2n) is 9.96. The number of piperazine rings is 1. The third-order valence-electron chi connectivity index (χ3n) is 7.49. The third kappa shape index (κ3) is 6.80. The van der Waals surface area contributed by atoms with Crippen molar-refractivity contribution in [3.8, 4) is 0 Å². The van der Waals surface area contributed by atoms with Crippen LogP contribution in [0.4, 0.5) is 5.82 Å². The van der Waals surface area contributed by atoms with Crippen molar-refractivity contribution in [1.82, 2.24) is 20.1 Å². The summed E-state index contributed by atoms with van der Waals surface area (Å²) in [5, 5.41) is 4.80. The van der Waals surface area contributed by atoms with Gasteiger partial charge in [-0.1, -0.05) is 65.1 Å². The lowest BCUT2D eigenvalue weighted by Crippen LogP contribution is -2.53. The van der Waals surface area contributed by atoms with Crippen molar-refractivity contribution in [2.75, 3.05) is 44.2 Å². The van der Waals surface area contributed by atoms with E-state index in [0.717, 1.165) is 62.2 Å². The van der Waals surface area contributed by atoms with Gasteiger partial charge in [0.15, 0.2) is 0 Å². The topological polar surface area (TPSA) is 51.7 Å². The number of hydrogen-bond donors (Lipinski definition) is 1. The molecule has 2 fully saturated rings. The van der Waals surface area contributed by atoms with Crippen LogP contribution < -0.4 is 10.2 Å². The smallest absolute Gasteiger partial charge is 0.253 e. The maximum Gasteiger partial charge on any atom is 0.253 e. The standard InChI is InChI=1S/C29H32Cl3N5O.H2/c30-24-7-5-21(6-8-24)20-35-11-9-25(10-12-35)36-13-15-37(16-14-36)28-27(32)17-23(19-33-28)29(38)34-18-22-3-1-2-4-26(22)31;/h1-8,17,19,25H,9-16,18,20H2,(H,34,38);1H. The second-order valence-corrected chi connectivity index (χ2v) is 11.2. The predicted octanol–water partition coefficient (Wildman–Crippen LogP) is 6.00. The van der Waals surface area contributed by atoms with Crippen molar-refractivity contribution < 1.29 is 6.22 Å². The highest BCUT2D eigenvalue weighted by Gasteiger charge is 2.28. The number of hydrogen-bond acceptors (Lipinski definition) is 5. The van der Waals surface area contributed by atoms with E-state index in [4.69, 9.17) is 34.8 Å². The van der Waals surface area contributed by atoms with Gasteiger partial charge in [0.2, 0.25) is 0 Å². The molecule has 6 nitrogen and oxygen atoms in total. The van der Waals surface area contributed by atoms with Crippen LogP contribution in [0, 0.1) is 0 Å². The quantitative estimate of drug-likeness (QED) is 0.375. The fraction of sp³-hybridized carbons (Fsp3) is 0.379. The summed E-state index contributed by atoms with van der Waals surface area (Å²) in [7, 11) is 0. The molecule has 5 rings (SSSR count). The average Bonchev–Trinajstić information content (AvgIpc) is 2.94. The average molecular weight is 575 g/mol. The Balaban J connectivity index is 0.00000353. The fourth-order valence-electron chi connectivity index (χ4n) is 5.30. The number of aromatic nitrogens is 1. The summed E-state index contributed by atoms with van der Waals surface area (Å²) in [5.74, 6) is 0.518. The van der Waals surface area contributed by atoms with Gasteiger partial charge in [-0.25, -0.2) is 4.98 Å². The monoisotopic (exact) mass is 573 g/mol. The maximum atomic E-state index is 12.6. The molecule has 0 radical (unpaired) electrons. The van der Waals surface area contributed by atoms with E-state index in [1.165, 1.54) is 18.4 Å². The van der Waals surface area contributed by atoms with Crippen molar-refractivity contribution in [1.29, 1.82) is 0 Å². The van der Waals surface area contributed by atoms with Gasteiger partial charge in [-0.05, 0) is 61.3 Å². The Bertz CT molecular complexity index is 1250. The molecule has 2 saturated heterocycles. The predicted molar refractivity (Wildman–Crippen MR) is 158 cm³/mol. The van der Waals surface area contributed by atoms with Crippen molar-refractivity contribution in [2.45, 2.75) is 32.0 Å². The van der Waals surface area contributed by atoms with Crippen LogP contribution >= 0.6 is 34.8 Å². The first kappa shape index (κ1) is 27.2. The molecule has 2 aliphatic rings. The number of benzene rings is 2. The number of pyridine rings is 1. The molecule has 0 bridgehead atoms. The Hall–Kier alpha value is -2.35. The number of carbonyl (C=O) groups is 1. The van der Waals surface area contributed by atoms with E-state index in [1.807, 2.05) is 36.4 Å². The minimum absolute atomic E-state index is 0. The van der Waals surface area contributed by atoms with Crippen LogP contribution in [0.3, 0.4) is 0 Å². The van der Waals surface area contributed by atoms with E-state index in [1.54, 1.807) is 12.3 Å². The highest BCUT2D eigenvalue weighted by atomic mass is 35.5. The van der Waals surface area contributed by atoms with Crippen LogP contribution in [-0.2, 0) is 13.1 Å². The first-order valence-corrected chi connectivity index (χ1v) is 14.2. The van der Waals surface area contributed by atoms with Gasteiger partial charge in [0.1, 0.15) is 5.82 Å². The molecule has 0 aliphatic carbocycles. The summed E-state index contributed by atoms with van der Waals surface area (Å²) in [6, 6.07) is 17.9. The normalized spacial score (nSPS) is 17.5. The van der Waals surface area contributed by atoms with Crippen LogP contribution in [0.25, 0.3) is 0 Å². The van der Waals surface area contributed by atoms with E-state index in [2.05, 4.69) is 37.1 Å². The van der Waals surface area contributed by atoms with E-state index in [-0.39, 0.29) is 7.33 Å². The zero-order chi connectivity index (χ0) is 26.5. The van der Waals surface area contributed by atoms with E-state index < -0.39 is 0 Å². The molecule has 202 valence electrons. The highest BCUT2D eigenvalue weighted by Crippen LogP contribution is 2.27. The van der Waals surface area contributed by atoms with Crippen LogP contribution in [-0.4, -0.2) is 66.0 Å². The van der Waals surface area contributed by atoms with Crippen molar-refractivity contribution in [3.05, 3.63) is 92.6 Å². The Morgan fingerprint density at radius 3 is 2.32 bits per heavy atom. The number of nitrogens with zero attached hydrogens (tertiary/aromatic N) is 4. The summed E-state index contributed by atoms with van der Waals surface area (Å²) >= 11 is 18.8. The number of likely N-dealkylation sites (tertiary alicyclic amines) is 1. The van der Waals surface area contributed by atoms with E-state index in [0.29, 0.717) is 28.2 Å². The van der Waals surface area contributed by atoms with Gasteiger partial charge in [-0.3, -0.25) is 14.6 Å². The van der Waals surface area contributed by atoms with Gasteiger partial charge >= 0.3 is 0 Å². The number of nitrogens with one attached hydrogen (secondary N) is 1. The Kier molecular flexibility index (Phi) is 9.08. The number of anilines is 1. The number of rotatable bonds is 7. The number of carbonyl (C=O) groups excluding carboxylic acids is 1. The molecule has 9 heteroatoms. The number of amides is 1. The molecule has 1 amide bonds. The van der Waals surface area contributed by atoms with Gasteiger partial charge in [0, 0.05) is 63.0 Å². The first-order chi connectivity index (χ1) is 18.5. The highest BCUT2D eigenvalue weighted by molar-refractivity contribution is 6.33. The Morgan fingerprint density at radius 1 is 0.921 bits per heavy atom. The largest absolute Gasteiger partial charge is 0.353 e. The van der Waals surface area contributed by atoms with Gasteiger partial charge in [-0.2, -0.15) is 0 Å². The zero-order valence-electron chi connectivity index (χ0n) is 21.3. The zero-order valence-corrected chi connectivity index (χ0v) is 23.5. The molecular formula is C29H34Cl3N5O. The van der Waals surface area contributed by atoms with Crippen LogP contribution in [0.2, 0.25) is 15.1 Å². The Morgan fingerprint density at radius 2 is 1.63 bits per heavy atom. The molecule has 0 unspecified atom stereocenters. The molecule has 1 aromatic heterocycles. The van der Waals surface area contributed by atoms with E-state index >= 15 is 0 Å². The lowest BCUT2D eigenvalue weighted by molar-refractivity contribution is 0.0950. The van der Waals surface area contributed by atoms with Crippen LogP contribution in [0.5, 0.6) is 0 Å². The molecule has 3 heterocycles. The number of halogens is 3. The Labute approximate surface area is 241 Å². The maximum absolute atomic E-state index is 12.6. The summed E-state index contributed by atoms with van der Waals surface area (Å²) in [6.07, 6.45) is 3.97. The van der Waals surface area contributed by atoms with Crippen molar-refractivity contribution >= 4 is 46.5 Å². The first-order valence-electron chi connectivity index (χ1n) is 13.1. The second kappa shape index (κ2) is 12.7. The summed E-state index contributed by atoms with van der Waals surface area (Å²) < 4.78 is 0. The molecular weight excluding hydrogens is 541 g/mol. The van der Waals surface area contributed by atoms with Gasteiger partial charge in [0.25, 0.3) is 5.91 Å². The minimum atomic E-state index is -0.224. The van der Waals surface area contributed by atoms with Crippen molar-refractivity contribution in [2.24, 2.45) is 0 Å². The molecule has 0 spiro atoms. The minimum Gasteiger partial charge on any atom is -0.353 e. The fourth-order valence-corrected chi connectivity index (χ4v) is 5.91. The van der Waals surface area contributed by atoms with Crippen molar-refractivity contribution in [3.63, 3.8) is 0 Å². The molecule has 0 atom stereocenters. The SMILES string of the molecule is O=C(NCc1ccccc1Cl)c1cnc(N2CCN(C3CCN(Cc4ccc(Cl)cc4)CC3)CC2)c(Cl)c1.[HH]. The van der Waals surface area contributed by atoms with E-state index in [9.17, 15) is 4.79 Å². The van der Waals surface area contributed by atoms with Crippen LogP contribution in [0.1, 0.15) is 35.8 Å². The van der Waals surface area contributed by atoms with Gasteiger partial charge in [0.05, 0.1) is 10.6 Å². The molecule has 3 aromatic rings. The molecule has 38 heavy (non-hydrogen) atoms. The lowest BCUT2D eigenvalue weighted by Gasteiger charge is -2.43. The summed E-state index contributed by atoms with van der Waals surface area (Å²) in [5.41, 5.74) is 2.62. The number of piperidine rings is 1. The molecule has 0 saturated carbocycles. The molecule has 2 aliphatic heterocycles. The molecule has 2 aromatic carbocycles. The summed E-state index contributed by atoms with van der Waals surface area (Å²) in [6.45, 7) is 7.27. The van der Waals surface area contributed by atoms with Gasteiger partial charge < -0.3 is 10.2 Å². The third-order valence-corrected chi connectivity index (χ3v) is 8.39. The van der Waals surface area contributed by atoms with Crippen LogP contribution in [0.15, 0.2) is 60.8 Å². The summed E-state index contributed by atoms with van der Waals surface area (Å²) in [4.78, 5) is 24.6. The van der Waals surface area contributed by atoms with Gasteiger partial charge in [-0.15, -0.1) is 0 Å². The molecule has 1 N–H and O–H groups in total. The lowest BCUT2D eigenvalue weighted by atomic mass is 10.0.